The summed E-state index contributed by atoms with van der Waals surface area (Å²) in [5.74, 6) is -0.594. The first-order valence-electron chi connectivity index (χ1n) is 6.52. The van der Waals surface area contributed by atoms with Crippen molar-refractivity contribution in [2.24, 2.45) is 5.92 Å². The van der Waals surface area contributed by atoms with Crippen molar-refractivity contribution in [2.75, 3.05) is 27.2 Å². The Kier molecular flexibility index (Phi) is 4.88. The van der Waals surface area contributed by atoms with E-state index in [1.54, 1.807) is 19.2 Å². The summed E-state index contributed by atoms with van der Waals surface area (Å²) >= 11 is 5.94. The second-order valence-corrected chi connectivity index (χ2v) is 7.19. The van der Waals surface area contributed by atoms with Gasteiger partial charge in [0, 0.05) is 26.2 Å². The van der Waals surface area contributed by atoms with E-state index in [2.05, 4.69) is 10.0 Å². The molecule has 0 spiro atoms. The molecule has 0 bridgehead atoms. The third kappa shape index (κ3) is 3.55. The summed E-state index contributed by atoms with van der Waals surface area (Å²) in [5, 5.41) is 2.73. The van der Waals surface area contributed by atoms with Crippen LogP contribution >= 0.6 is 11.6 Å². The number of nitrogens with one attached hydrogen (secondary N) is 2. The van der Waals surface area contributed by atoms with E-state index in [0.29, 0.717) is 13.1 Å². The average molecular weight is 332 g/mol. The maximum atomic E-state index is 12.4. The minimum atomic E-state index is -3.76. The molecule has 1 aliphatic rings. The molecule has 1 aromatic rings. The molecule has 6 nitrogen and oxygen atoms in total. The number of hydrogen-bond donors (Lipinski definition) is 2. The molecule has 1 aliphatic heterocycles. The smallest absolute Gasteiger partial charge is 0.242 e. The van der Waals surface area contributed by atoms with Crippen LogP contribution in [0.15, 0.2) is 29.2 Å². The number of carbonyl (C=O) groups excluding carboxylic acids is 1. The van der Waals surface area contributed by atoms with Crippen LogP contribution in [0.1, 0.15) is 0 Å². The van der Waals surface area contributed by atoms with Crippen LogP contribution in [-0.2, 0) is 14.8 Å². The van der Waals surface area contributed by atoms with Crippen molar-refractivity contribution in [3.8, 4) is 0 Å². The summed E-state index contributed by atoms with van der Waals surface area (Å²) in [6, 6.07) is 5.76. The Morgan fingerprint density at radius 3 is 2.62 bits per heavy atom. The summed E-state index contributed by atoms with van der Waals surface area (Å²) in [7, 11) is -0.372. The third-order valence-electron chi connectivity index (χ3n) is 3.52. The Morgan fingerprint density at radius 2 is 2.00 bits per heavy atom. The topological polar surface area (TPSA) is 78.5 Å². The summed E-state index contributed by atoms with van der Waals surface area (Å²) in [6.07, 6.45) is 0. The van der Waals surface area contributed by atoms with Crippen molar-refractivity contribution < 1.29 is 13.2 Å². The van der Waals surface area contributed by atoms with E-state index in [9.17, 15) is 13.2 Å². The van der Waals surface area contributed by atoms with Gasteiger partial charge in [0.25, 0.3) is 0 Å². The highest BCUT2D eigenvalue weighted by molar-refractivity contribution is 7.89. The molecule has 21 heavy (non-hydrogen) atoms. The number of sulfonamides is 1. The predicted octanol–water partition coefficient (Wildman–Crippen LogP) is 0.295. The number of rotatable bonds is 4. The van der Waals surface area contributed by atoms with Gasteiger partial charge >= 0.3 is 0 Å². The molecule has 1 saturated heterocycles. The number of halogens is 1. The minimum Gasteiger partial charge on any atom is -0.359 e. The maximum Gasteiger partial charge on any atom is 0.242 e. The fraction of sp³-hybridized carbons (Fsp3) is 0.462. The van der Waals surface area contributed by atoms with Gasteiger partial charge in [-0.05, 0) is 19.2 Å². The predicted molar refractivity (Wildman–Crippen MR) is 80.6 cm³/mol. The Balaban J connectivity index is 2.23. The number of likely N-dealkylation sites (tertiary alicyclic amines) is 1. The zero-order valence-electron chi connectivity index (χ0n) is 11.8. The van der Waals surface area contributed by atoms with E-state index in [1.165, 1.54) is 12.1 Å². The van der Waals surface area contributed by atoms with Crippen molar-refractivity contribution in [3.05, 3.63) is 29.3 Å². The van der Waals surface area contributed by atoms with E-state index in [4.69, 9.17) is 11.6 Å². The van der Waals surface area contributed by atoms with Gasteiger partial charge in [-0.2, -0.15) is 0 Å². The molecule has 0 unspecified atom stereocenters. The van der Waals surface area contributed by atoms with Crippen LogP contribution in [0.3, 0.4) is 0 Å². The lowest BCUT2D eigenvalue weighted by Gasteiger charge is -2.19. The first-order chi connectivity index (χ1) is 9.85. The lowest BCUT2D eigenvalue weighted by atomic mass is 10.0. The number of benzene rings is 1. The molecule has 0 saturated carbocycles. The molecule has 0 radical (unpaired) electrons. The maximum absolute atomic E-state index is 12.4. The summed E-state index contributed by atoms with van der Waals surface area (Å²) in [5.41, 5.74) is 0. The molecule has 116 valence electrons. The molecule has 0 aliphatic carbocycles. The molecule has 8 heteroatoms. The number of hydrogen-bond acceptors (Lipinski definition) is 4. The SMILES string of the molecule is CNC(=O)[C@H]1CN(C)C[C@@H]1NS(=O)(=O)c1ccccc1Cl. The molecule has 1 aromatic carbocycles. The van der Waals surface area contributed by atoms with Gasteiger partial charge in [-0.15, -0.1) is 0 Å². The van der Waals surface area contributed by atoms with Crippen molar-refractivity contribution in [1.82, 2.24) is 14.9 Å². The Labute approximate surface area is 129 Å². The normalized spacial score (nSPS) is 23.2. The molecule has 0 aromatic heterocycles. The second kappa shape index (κ2) is 6.31. The number of carbonyl (C=O) groups is 1. The van der Waals surface area contributed by atoms with Crippen LogP contribution in [0.4, 0.5) is 0 Å². The quantitative estimate of drug-likeness (QED) is 0.831. The van der Waals surface area contributed by atoms with E-state index in [1.807, 2.05) is 11.9 Å². The van der Waals surface area contributed by atoms with E-state index in [-0.39, 0.29) is 15.8 Å². The molecular weight excluding hydrogens is 314 g/mol. The van der Waals surface area contributed by atoms with Gasteiger partial charge < -0.3 is 10.2 Å². The van der Waals surface area contributed by atoms with Gasteiger partial charge in [0.05, 0.1) is 10.9 Å². The van der Waals surface area contributed by atoms with Gasteiger partial charge in [-0.1, -0.05) is 23.7 Å². The van der Waals surface area contributed by atoms with Crippen LogP contribution in [0.2, 0.25) is 5.02 Å². The van der Waals surface area contributed by atoms with Crippen molar-refractivity contribution in [1.29, 1.82) is 0 Å². The van der Waals surface area contributed by atoms with Crippen LogP contribution in [0.5, 0.6) is 0 Å². The Bertz CT molecular complexity index is 635. The van der Waals surface area contributed by atoms with Gasteiger partial charge in [-0.3, -0.25) is 4.79 Å². The monoisotopic (exact) mass is 331 g/mol. The molecular formula is C13H18ClN3O3S. The zero-order valence-corrected chi connectivity index (χ0v) is 13.4. The fourth-order valence-electron chi connectivity index (χ4n) is 2.50. The summed E-state index contributed by atoms with van der Waals surface area (Å²) < 4.78 is 27.4. The molecule has 1 heterocycles. The molecule has 2 N–H and O–H groups in total. The minimum absolute atomic E-state index is 0.0249. The third-order valence-corrected chi connectivity index (χ3v) is 5.51. The van der Waals surface area contributed by atoms with Crippen molar-refractivity contribution in [3.63, 3.8) is 0 Å². The first kappa shape index (κ1) is 16.2. The second-order valence-electron chi connectivity index (χ2n) is 5.10. The largest absolute Gasteiger partial charge is 0.359 e. The van der Waals surface area contributed by atoms with Crippen molar-refractivity contribution in [2.45, 2.75) is 10.9 Å². The van der Waals surface area contributed by atoms with Gasteiger partial charge in [0.15, 0.2) is 0 Å². The zero-order chi connectivity index (χ0) is 15.6. The standard InChI is InChI=1S/C13H18ClN3O3S/c1-15-13(18)9-7-17(2)8-11(9)16-21(19,20)12-6-4-3-5-10(12)14/h3-6,9,11,16H,7-8H2,1-2H3,(H,15,18)/t9-,11-/m0/s1. The number of likely N-dealkylation sites (N-methyl/N-ethyl adjacent to an activating group) is 1. The van der Waals surface area contributed by atoms with E-state index >= 15 is 0 Å². The highest BCUT2D eigenvalue weighted by atomic mass is 35.5. The lowest BCUT2D eigenvalue weighted by molar-refractivity contribution is -0.124. The van der Waals surface area contributed by atoms with Crippen LogP contribution in [0.25, 0.3) is 0 Å². The molecule has 2 rings (SSSR count). The Morgan fingerprint density at radius 1 is 1.33 bits per heavy atom. The van der Waals surface area contributed by atoms with E-state index < -0.39 is 22.0 Å². The highest BCUT2D eigenvalue weighted by Gasteiger charge is 2.38. The van der Waals surface area contributed by atoms with Gasteiger partial charge in [0.1, 0.15) is 4.90 Å². The lowest BCUT2D eigenvalue weighted by Crippen LogP contribution is -2.45. The van der Waals surface area contributed by atoms with Gasteiger partial charge in [0.2, 0.25) is 15.9 Å². The average Bonchev–Trinajstić information content (AvgIpc) is 2.78. The molecule has 1 amide bonds. The fourth-order valence-corrected chi connectivity index (χ4v) is 4.28. The summed E-state index contributed by atoms with van der Waals surface area (Å²) in [4.78, 5) is 13.8. The van der Waals surface area contributed by atoms with Crippen LogP contribution in [-0.4, -0.2) is 52.5 Å². The molecule has 2 atom stereocenters. The van der Waals surface area contributed by atoms with Crippen LogP contribution < -0.4 is 10.0 Å². The molecule has 1 fully saturated rings. The number of nitrogens with zero attached hydrogens (tertiary/aromatic N) is 1. The first-order valence-corrected chi connectivity index (χ1v) is 8.38. The van der Waals surface area contributed by atoms with Crippen molar-refractivity contribution >= 4 is 27.5 Å². The number of amides is 1. The summed E-state index contributed by atoms with van der Waals surface area (Å²) in [6.45, 7) is 0.983. The van der Waals surface area contributed by atoms with E-state index in [0.717, 1.165) is 0 Å². The highest BCUT2D eigenvalue weighted by Crippen LogP contribution is 2.23. The van der Waals surface area contributed by atoms with Crippen LogP contribution in [0, 0.1) is 5.92 Å². The van der Waals surface area contributed by atoms with Gasteiger partial charge in [-0.25, -0.2) is 13.1 Å². The Hall–Kier alpha value is -1.15.